The Morgan fingerprint density at radius 2 is 2.26 bits per heavy atom. The zero-order valence-corrected chi connectivity index (χ0v) is 13.5. The summed E-state index contributed by atoms with van der Waals surface area (Å²) in [6, 6.07) is 0. The van der Waals surface area contributed by atoms with E-state index in [-0.39, 0.29) is 16.0 Å². The quantitative estimate of drug-likeness (QED) is 0.800. The highest BCUT2D eigenvalue weighted by Crippen LogP contribution is 2.40. The highest BCUT2D eigenvalue weighted by Gasteiger charge is 2.40. The van der Waals surface area contributed by atoms with Crippen LogP contribution >= 0.6 is 23.3 Å². The van der Waals surface area contributed by atoms with Gasteiger partial charge in [-0.25, -0.2) is 8.42 Å². The Bertz CT molecular complexity index is 537. The molecular weight excluding hydrogens is 302 g/mol. The number of rotatable bonds is 7. The van der Waals surface area contributed by atoms with Gasteiger partial charge in [0, 0.05) is 6.54 Å². The molecule has 2 rings (SSSR count). The smallest absolute Gasteiger partial charge is 0.187 e. The summed E-state index contributed by atoms with van der Waals surface area (Å²) in [5.41, 5.74) is 5.73. The van der Waals surface area contributed by atoms with Gasteiger partial charge < -0.3 is 11.1 Å². The highest BCUT2D eigenvalue weighted by atomic mass is 32.2. The number of nitrogens with two attached hydrogens (primary N) is 1. The van der Waals surface area contributed by atoms with Gasteiger partial charge in [0.1, 0.15) is 9.90 Å². The van der Waals surface area contributed by atoms with Gasteiger partial charge in [0.2, 0.25) is 0 Å². The number of nitrogens with one attached hydrogen (secondary N) is 1. The van der Waals surface area contributed by atoms with Crippen LogP contribution in [0, 0.1) is 5.92 Å². The lowest BCUT2D eigenvalue weighted by Gasteiger charge is -2.12. The van der Waals surface area contributed by atoms with Crippen molar-refractivity contribution >= 4 is 44.0 Å². The fraction of sp³-hybridized carbons (Fsp3) is 0.727. The molecule has 3 N–H and O–H groups in total. The van der Waals surface area contributed by atoms with Crippen LogP contribution in [0.3, 0.4) is 0 Å². The molecule has 0 saturated heterocycles. The standard InChI is InChI=1S/C11H19N3O2S3/c1-7(6-17-2)5-13-11-9(10(12)14-18-11)19(15,16)8-3-4-8/h7-8,13H,3-6H2,1-2H3,(H2,12,14). The molecule has 0 radical (unpaired) electrons. The Kier molecular flexibility index (Phi) is 4.62. The summed E-state index contributed by atoms with van der Waals surface area (Å²) in [4.78, 5) is 0.219. The molecule has 19 heavy (non-hydrogen) atoms. The fourth-order valence-corrected chi connectivity index (χ4v) is 5.42. The Labute approximate surface area is 122 Å². The average molecular weight is 321 g/mol. The first-order valence-corrected chi connectivity index (χ1v) is 9.90. The van der Waals surface area contributed by atoms with Crippen LogP contribution in [0.5, 0.6) is 0 Å². The Morgan fingerprint density at radius 3 is 2.84 bits per heavy atom. The zero-order valence-electron chi connectivity index (χ0n) is 11.0. The van der Waals surface area contributed by atoms with Crippen LogP contribution in [-0.2, 0) is 9.84 Å². The number of sulfone groups is 1. The van der Waals surface area contributed by atoms with Crippen LogP contribution in [-0.4, -0.2) is 36.6 Å². The maximum Gasteiger partial charge on any atom is 0.187 e. The van der Waals surface area contributed by atoms with Gasteiger partial charge in [-0.2, -0.15) is 16.1 Å². The van der Waals surface area contributed by atoms with Crippen molar-refractivity contribution in [3.8, 4) is 0 Å². The molecule has 0 bridgehead atoms. The van der Waals surface area contributed by atoms with Crippen LogP contribution in [0.25, 0.3) is 0 Å². The second kappa shape index (κ2) is 5.88. The van der Waals surface area contributed by atoms with Gasteiger partial charge in [0.05, 0.1) is 5.25 Å². The lowest BCUT2D eigenvalue weighted by atomic mass is 10.2. The number of hydrogen-bond acceptors (Lipinski definition) is 7. The third-order valence-electron chi connectivity index (χ3n) is 2.98. The number of nitrogens with zero attached hydrogens (tertiary/aromatic N) is 1. The number of anilines is 2. The minimum Gasteiger partial charge on any atom is -0.382 e. The minimum atomic E-state index is -3.29. The molecule has 1 aliphatic rings. The third-order valence-corrected chi connectivity index (χ3v) is 7.17. The van der Waals surface area contributed by atoms with Gasteiger partial charge in [-0.1, -0.05) is 6.92 Å². The molecule has 0 aromatic carbocycles. The molecule has 1 aromatic heterocycles. The summed E-state index contributed by atoms with van der Waals surface area (Å²) in [5.74, 6) is 1.64. The van der Waals surface area contributed by atoms with Gasteiger partial charge in [-0.15, -0.1) is 0 Å². The molecule has 1 fully saturated rings. The van der Waals surface area contributed by atoms with E-state index in [0.29, 0.717) is 10.9 Å². The topological polar surface area (TPSA) is 85.1 Å². The van der Waals surface area contributed by atoms with Crippen molar-refractivity contribution in [1.82, 2.24) is 4.37 Å². The summed E-state index contributed by atoms with van der Waals surface area (Å²) in [6.45, 7) is 2.86. The molecule has 1 aliphatic carbocycles. The molecule has 0 amide bonds. The van der Waals surface area contributed by atoms with E-state index in [4.69, 9.17) is 5.73 Å². The van der Waals surface area contributed by atoms with Gasteiger partial charge in [-0.3, -0.25) is 0 Å². The lowest BCUT2D eigenvalue weighted by molar-refractivity contribution is 0.595. The number of aromatic nitrogens is 1. The van der Waals surface area contributed by atoms with Gasteiger partial charge in [-0.05, 0) is 42.3 Å². The van der Waals surface area contributed by atoms with E-state index >= 15 is 0 Å². The van der Waals surface area contributed by atoms with E-state index in [2.05, 4.69) is 22.9 Å². The molecule has 1 saturated carbocycles. The third kappa shape index (κ3) is 3.35. The van der Waals surface area contributed by atoms with Crippen LogP contribution in [0.1, 0.15) is 19.8 Å². The first kappa shape index (κ1) is 14.9. The molecule has 8 heteroatoms. The maximum absolute atomic E-state index is 12.3. The van der Waals surface area contributed by atoms with Crippen molar-refractivity contribution in [2.24, 2.45) is 5.92 Å². The minimum absolute atomic E-state index is 0.136. The maximum atomic E-state index is 12.3. The van der Waals surface area contributed by atoms with Crippen molar-refractivity contribution in [1.29, 1.82) is 0 Å². The van der Waals surface area contributed by atoms with E-state index in [0.717, 1.165) is 36.7 Å². The molecule has 1 aromatic rings. The number of nitrogen functional groups attached to an aromatic ring is 1. The largest absolute Gasteiger partial charge is 0.382 e. The molecule has 1 heterocycles. The number of hydrogen-bond donors (Lipinski definition) is 2. The van der Waals surface area contributed by atoms with E-state index in [1.54, 1.807) is 11.8 Å². The average Bonchev–Trinajstić information content (AvgIpc) is 3.12. The van der Waals surface area contributed by atoms with Crippen molar-refractivity contribution in [2.75, 3.05) is 29.6 Å². The van der Waals surface area contributed by atoms with E-state index < -0.39 is 9.84 Å². The molecule has 5 nitrogen and oxygen atoms in total. The summed E-state index contributed by atoms with van der Waals surface area (Å²) >= 11 is 2.92. The summed E-state index contributed by atoms with van der Waals surface area (Å²) in [7, 11) is -3.29. The van der Waals surface area contributed by atoms with Gasteiger partial charge in [0.15, 0.2) is 15.7 Å². The predicted molar refractivity (Wildman–Crippen MR) is 82.8 cm³/mol. The highest BCUT2D eigenvalue weighted by molar-refractivity contribution is 7.98. The summed E-state index contributed by atoms with van der Waals surface area (Å²) in [6.07, 6.45) is 3.53. The zero-order chi connectivity index (χ0) is 14.0. The summed E-state index contributed by atoms with van der Waals surface area (Å²) < 4.78 is 28.6. The van der Waals surface area contributed by atoms with Crippen molar-refractivity contribution in [3.05, 3.63) is 0 Å². The first-order chi connectivity index (χ1) is 8.96. The first-order valence-electron chi connectivity index (χ1n) is 6.18. The SMILES string of the molecule is CSCC(C)CNc1snc(N)c1S(=O)(=O)C1CC1. The monoisotopic (exact) mass is 321 g/mol. The van der Waals surface area contributed by atoms with Crippen molar-refractivity contribution in [2.45, 2.75) is 29.9 Å². The van der Waals surface area contributed by atoms with Gasteiger partial charge >= 0.3 is 0 Å². The predicted octanol–water partition coefficient (Wildman–Crippen LogP) is 2.07. The van der Waals surface area contributed by atoms with Crippen LogP contribution in [0.2, 0.25) is 0 Å². The molecule has 0 spiro atoms. The van der Waals surface area contributed by atoms with E-state index in [1.807, 2.05) is 0 Å². The second-order valence-corrected chi connectivity index (χ2v) is 8.76. The van der Waals surface area contributed by atoms with Crippen molar-refractivity contribution in [3.63, 3.8) is 0 Å². The Hall–Kier alpha value is -0.470. The van der Waals surface area contributed by atoms with Gasteiger partial charge in [0.25, 0.3) is 0 Å². The lowest BCUT2D eigenvalue weighted by Crippen LogP contribution is -2.16. The Morgan fingerprint density at radius 1 is 1.58 bits per heavy atom. The van der Waals surface area contributed by atoms with Crippen LogP contribution in [0.15, 0.2) is 4.90 Å². The number of thioether (sulfide) groups is 1. The Balaban J connectivity index is 2.14. The van der Waals surface area contributed by atoms with Crippen LogP contribution in [0.4, 0.5) is 10.8 Å². The molecule has 0 aliphatic heterocycles. The fourth-order valence-electron chi connectivity index (χ4n) is 1.84. The summed E-state index contributed by atoms with van der Waals surface area (Å²) in [5, 5.41) is 3.53. The molecule has 1 atom stereocenters. The van der Waals surface area contributed by atoms with E-state index in [1.165, 1.54) is 0 Å². The molecule has 108 valence electrons. The molecule has 1 unspecified atom stereocenters. The second-order valence-electron chi connectivity index (χ2n) is 4.91. The van der Waals surface area contributed by atoms with Crippen molar-refractivity contribution < 1.29 is 8.42 Å². The normalized spacial score (nSPS) is 17.4. The molecular formula is C11H19N3O2S3. The van der Waals surface area contributed by atoms with E-state index in [9.17, 15) is 8.42 Å². The van der Waals surface area contributed by atoms with Crippen LogP contribution < -0.4 is 11.1 Å².